The predicted octanol–water partition coefficient (Wildman–Crippen LogP) is 4.49. The number of hydrogen-bond acceptors (Lipinski definition) is 3. The maximum Gasteiger partial charge on any atom is 0.161 e. The van der Waals surface area contributed by atoms with E-state index in [2.05, 4.69) is 26.1 Å². The highest BCUT2D eigenvalue weighted by molar-refractivity contribution is 5.99. The molecule has 3 heteroatoms. The molecule has 3 N–H and O–H groups in total. The molecule has 0 atom stereocenters. The third-order valence-corrected chi connectivity index (χ3v) is 3.66. The zero-order valence-corrected chi connectivity index (χ0v) is 13.3. The zero-order valence-electron chi connectivity index (χ0n) is 13.3. The van der Waals surface area contributed by atoms with Gasteiger partial charge in [0.15, 0.2) is 5.78 Å². The van der Waals surface area contributed by atoms with Crippen LogP contribution in [0.2, 0.25) is 0 Å². The van der Waals surface area contributed by atoms with Crippen LogP contribution in [0.1, 0.15) is 63.7 Å². The standard InChI is InChI=1S/C17H28N2O/c1-5-6-7-10-17(3,4)12-19-14-8-9-16(18)15(11-14)13(2)20/h8-9,11,19H,5-7,10,12,18H2,1-4H3. The van der Waals surface area contributed by atoms with Gasteiger partial charge in [-0.05, 0) is 37.0 Å². The number of hydrogen-bond donors (Lipinski definition) is 2. The minimum atomic E-state index is 0.00774. The van der Waals surface area contributed by atoms with Crippen molar-refractivity contribution in [3.05, 3.63) is 23.8 Å². The molecule has 112 valence electrons. The summed E-state index contributed by atoms with van der Waals surface area (Å²) in [6, 6.07) is 5.58. The first kappa shape index (κ1) is 16.5. The maximum atomic E-state index is 11.5. The van der Waals surface area contributed by atoms with E-state index in [-0.39, 0.29) is 11.2 Å². The third kappa shape index (κ3) is 5.24. The average Bonchev–Trinajstić information content (AvgIpc) is 2.37. The van der Waals surface area contributed by atoms with Gasteiger partial charge in [-0.2, -0.15) is 0 Å². The molecule has 0 unspecified atom stereocenters. The molecule has 0 saturated carbocycles. The fraction of sp³-hybridized carbons (Fsp3) is 0.588. The quantitative estimate of drug-likeness (QED) is 0.418. The molecule has 0 aliphatic heterocycles. The minimum Gasteiger partial charge on any atom is -0.398 e. The van der Waals surface area contributed by atoms with Crippen LogP contribution in [0.4, 0.5) is 11.4 Å². The number of nitrogens with one attached hydrogen (secondary N) is 1. The van der Waals surface area contributed by atoms with Crippen molar-refractivity contribution in [3.8, 4) is 0 Å². The Hall–Kier alpha value is -1.51. The third-order valence-electron chi connectivity index (χ3n) is 3.66. The van der Waals surface area contributed by atoms with Crippen LogP contribution in [0.25, 0.3) is 0 Å². The van der Waals surface area contributed by atoms with Crippen LogP contribution in [0, 0.1) is 5.41 Å². The summed E-state index contributed by atoms with van der Waals surface area (Å²) in [5.74, 6) is 0.00774. The van der Waals surface area contributed by atoms with Crippen LogP contribution >= 0.6 is 0 Å². The molecular weight excluding hydrogens is 248 g/mol. The Labute approximate surface area is 122 Å². The molecule has 0 aliphatic rings. The molecular formula is C17H28N2O. The van der Waals surface area contributed by atoms with E-state index >= 15 is 0 Å². The predicted molar refractivity (Wildman–Crippen MR) is 87.3 cm³/mol. The Morgan fingerprint density at radius 3 is 2.60 bits per heavy atom. The molecule has 0 radical (unpaired) electrons. The number of ketones is 1. The van der Waals surface area contributed by atoms with Gasteiger partial charge in [0.25, 0.3) is 0 Å². The van der Waals surface area contributed by atoms with Gasteiger partial charge in [-0.3, -0.25) is 4.79 Å². The highest BCUT2D eigenvalue weighted by Crippen LogP contribution is 2.25. The lowest BCUT2D eigenvalue weighted by atomic mass is 9.87. The van der Waals surface area contributed by atoms with Crippen molar-refractivity contribution in [2.45, 2.75) is 53.4 Å². The molecule has 3 nitrogen and oxygen atoms in total. The molecule has 0 heterocycles. The van der Waals surface area contributed by atoms with E-state index in [0.717, 1.165) is 12.2 Å². The summed E-state index contributed by atoms with van der Waals surface area (Å²) in [6.45, 7) is 9.22. The first-order valence-corrected chi connectivity index (χ1v) is 7.50. The Morgan fingerprint density at radius 1 is 1.30 bits per heavy atom. The van der Waals surface area contributed by atoms with E-state index in [1.807, 2.05) is 12.1 Å². The van der Waals surface area contributed by atoms with E-state index in [1.165, 1.54) is 25.7 Å². The van der Waals surface area contributed by atoms with E-state index in [9.17, 15) is 4.79 Å². The van der Waals surface area contributed by atoms with Crippen molar-refractivity contribution < 1.29 is 4.79 Å². The fourth-order valence-electron chi connectivity index (χ4n) is 2.25. The van der Waals surface area contributed by atoms with Crippen LogP contribution in [0.15, 0.2) is 18.2 Å². The van der Waals surface area contributed by atoms with Crippen LogP contribution in [0.5, 0.6) is 0 Å². The van der Waals surface area contributed by atoms with Gasteiger partial charge in [-0.1, -0.05) is 40.0 Å². The van der Waals surface area contributed by atoms with Crippen molar-refractivity contribution in [3.63, 3.8) is 0 Å². The lowest BCUT2D eigenvalue weighted by Crippen LogP contribution is -2.23. The fourth-order valence-corrected chi connectivity index (χ4v) is 2.25. The number of nitrogen functional groups attached to an aromatic ring is 1. The molecule has 1 aromatic carbocycles. The molecule has 0 aliphatic carbocycles. The molecule has 0 spiro atoms. The smallest absolute Gasteiger partial charge is 0.161 e. The van der Waals surface area contributed by atoms with Crippen molar-refractivity contribution in [1.29, 1.82) is 0 Å². The summed E-state index contributed by atoms with van der Waals surface area (Å²) in [4.78, 5) is 11.5. The van der Waals surface area contributed by atoms with E-state index < -0.39 is 0 Å². The molecule has 0 aromatic heterocycles. The van der Waals surface area contributed by atoms with Crippen molar-refractivity contribution in [2.75, 3.05) is 17.6 Å². The van der Waals surface area contributed by atoms with Crippen LogP contribution in [-0.4, -0.2) is 12.3 Å². The highest BCUT2D eigenvalue weighted by Gasteiger charge is 2.17. The van der Waals surface area contributed by atoms with Crippen molar-refractivity contribution in [2.24, 2.45) is 5.41 Å². The van der Waals surface area contributed by atoms with Gasteiger partial charge in [0.1, 0.15) is 0 Å². The highest BCUT2D eigenvalue weighted by atomic mass is 16.1. The Balaban J connectivity index is 2.61. The van der Waals surface area contributed by atoms with Gasteiger partial charge in [-0.15, -0.1) is 0 Å². The van der Waals surface area contributed by atoms with Crippen molar-refractivity contribution >= 4 is 17.2 Å². The summed E-state index contributed by atoms with van der Waals surface area (Å²) in [7, 11) is 0. The number of nitrogens with two attached hydrogens (primary N) is 1. The molecule has 0 bridgehead atoms. The second kappa shape index (κ2) is 7.32. The van der Waals surface area contributed by atoms with Gasteiger partial charge in [0.05, 0.1) is 0 Å². The molecule has 1 rings (SSSR count). The number of unbranched alkanes of at least 4 members (excludes halogenated alkanes) is 2. The molecule has 0 fully saturated rings. The number of benzene rings is 1. The van der Waals surface area contributed by atoms with Crippen molar-refractivity contribution in [1.82, 2.24) is 0 Å². The molecule has 0 amide bonds. The summed E-state index contributed by atoms with van der Waals surface area (Å²) in [5.41, 5.74) is 8.17. The number of rotatable bonds is 8. The zero-order chi connectivity index (χ0) is 15.2. The van der Waals surface area contributed by atoms with Gasteiger partial charge < -0.3 is 11.1 Å². The van der Waals surface area contributed by atoms with Gasteiger partial charge in [-0.25, -0.2) is 0 Å². The van der Waals surface area contributed by atoms with Gasteiger partial charge in [0, 0.05) is 23.5 Å². The van der Waals surface area contributed by atoms with E-state index in [4.69, 9.17) is 5.73 Å². The lowest BCUT2D eigenvalue weighted by Gasteiger charge is -2.25. The largest absolute Gasteiger partial charge is 0.398 e. The summed E-state index contributed by atoms with van der Waals surface area (Å²) < 4.78 is 0. The summed E-state index contributed by atoms with van der Waals surface area (Å²) in [5, 5.41) is 3.43. The molecule has 0 saturated heterocycles. The number of carbonyl (C=O) groups is 1. The first-order chi connectivity index (χ1) is 9.35. The van der Waals surface area contributed by atoms with E-state index in [1.54, 1.807) is 13.0 Å². The Morgan fingerprint density at radius 2 is 2.00 bits per heavy atom. The Bertz CT molecular complexity index is 452. The topological polar surface area (TPSA) is 55.1 Å². The average molecular weight is 276 g/mol. The summed E-state index contributed by atoms with van der Waals surface area (Å²) >= 11 is 0. The normalized spacial score (nSPS) is 11.4. The van der Waals surface area contributed by atoms with Crippen LogP contribution in [-0.2, 0) is 0 Å². The molecule has 1 aromatic rings. The second-order valence-electron chi connectivity index (χ2n) is 6.33. The maximum absolute atomic E-state index is 11.5. The number of anilines is 2. The number of Topliss-reactive ketones (excluding diaryl/α,β-unsaturated/α-hetero) is 1. The van der Waals surface area contributed by atoms with Crippen LogP contribution < -0.4 is 11.1 Å². The minimum absolute atomic E-state index is 0.00774. The monoisotopic (exact) mass is 276 g/mol. The lowest BCUT2D eigenvalue weighted by molar-refractivity contribution is 0.101. The van der Waals surface area contributed by atoms with E-state index in [0.29, 0.717) is 11.3 Å². The summed E-state index contributed by atoms with van der Waals surface area (Å²) in [6.07, 6.45) is 5.03. The number of carbonyl (C=O) groups excluding carboxylic acids is 1. The SMILES string of the molecule is CCCCCC(C)(C)CNc1ccc(N)c(C(C)=O)c1. The van der Waals surface area contributed by atoms with Gasteiger partial charge >= 0.3 is 0 Å². The Kier molecular flexibility index (Phi) is 6.05. The van der Waals surface area contributed by atoms with Gasteiger partial charge in [0.2, 0.25) is 0 Å². The second-order valence-corrected chi connectivity index (χ2v) is 6.33. The van der Waals surface area contributed by atoms with Crippen LogP contribution in [0.3, 0.4) is 0 Å². The molecule has 20 heavy (non-hydrogen) atoms. The first-order valence-electron chi connectivity index (χ1n) is 7.50.